The molecule has 2 heterocycles. The highest BCUT2D eigenvalue weighted by Crippen LogP contribution is 2.21. The zero-order chi connectivity index (χ0) is 19.9. The minimum atomic E-state index is -3.77. The van der Waals surface area contributed by atoms with Crippen LogP contribution in [0.25, 0.3) is 0 Å². The summed E-state index contributed by atoms with van der Waals surface area (Å²) in [4.78, 5) is 27.0. The molecule has 0 saturated carbocycles. The highest BCUT2D eigenvalue weighted by atomic mass is 32.2. The Hall–Kier alpha value is -2.62. The van der Waals surface area contributed by atoms with Crippen molar-refractivity contribution in [3.8, 4) is 0 Å². The first-order chi connectivity index (χ1) is 13.4. The van der Waals surface area contributed by atoms with Crippen LogP contribution in [0.15, 0.2) is 53.4 Å². The van der Waals surface area contributed by atoms with E-state index in [9.17, 15) is 22.4 Å². The van der Waals surface area contributed by atoms with Crippen molar-refractivity contribution in [3.05, 3.63) is 65.5 Å². The van der Waals surface area contributed by atoms with E-state index in [0.717, 1.165) is 11.0 Å². The van der Waals surface area contributed by atoms with Crippen molar-refractivity contribution in [1.29, 1.82) is 0 Å². The number of nitrogens with one attached hydrogen (secondary N) is 1. The third kappa shape index (κ3) is 3.21. The summed E-state index contributed by atoms with van der Waals surface area (Å²) in [7, 11) is -3.77. The fourth-order valence-corrected chi connectivity index (χ4v) is 5.06. The number of carbonyl (C=O) groups excluding carboxylic acids is 2. The molecule has 9 heteroatoms. The van der Waals surface area contributed by atoms with Gasteiger partial charge in [0.05, 0.1) is 42.2 Å². The molecule has 1 fully saturated rings. The van der Waals surface area contributed by atoms with E-state index in [0.29, 0.717) is 24.2 Å². The van der Waals surface area contributed by atoms with Gasteiger partial charge in [0.15, 0.2) is 6.67 Å². The van der Waals surface area contributed by atoms with Crippen LogP contribution < -0.4 is 4.90 Å². The lowest BCUT2D eigenvalue weighted by atomic mass is 10.1. The molecule has 146 valence electrons. The molecule has 0 bridgehead atoms. The Bertz CT molecular complexity index is 1010. The zero-order valence-corrected chi connectivity index (χ0v) is 15.8. The molecule has 0 spiro atoms. The lowest BCUT2D eigenvalue weighted by molar-refractivity contribution is -0.910. The number of imide groups is 1. The predicted octanol–water partition coefficient (Wildman–Crippen LogP) is -0.0314. The summed E-state index contributed by atoms with van der Waals surface area (Å²) < 4.78 is 40.0. The number of hydrogen-bond donors (Lipinski definition) is 1. The predicted molar refractivity (Wildman–Crippen MR) is 97.7 cm³/mol. The van der Waals surface area contributed by atoms with Crippen LogP contribution in [0.1, 0.15) is 20.7 Å². The van der Waals surface area contributed by atoms with Crippen LogP contribution in [0, 0.1) is 5.82 Å². The molecule has 0 unspecified atom stereocenters. The molecule has 2 aromatic carbocycles. The van der Waals surface area contributed by atoms with Crippen molar-refractivity contribution in [2.45, 2.75) is 4.90 Å². The van der Waals surface area contributed by atoms with Gasteiger partial charge in [0.2, 0.25) is 10.0 Å². The van der Waals surface area contributed by atoms with Crippen LogP contribution in [0.2, 0.25) is 0 Å². The number of carbonyl (C=O) groups is 2. The summed E-state index contributed by atoms with van der Waals surface area (Å²) in [6, 6.07) is 11.6. The molecule has 2 aliphatic heterocycles. The number of halogens is 1. The molecule has 7 nitrogen and oxygen atoms in total. The fourth-order valence-electron chi connectivity index (χ4n) is 3.58. The number of hydrogen-bond acceptors (Lipinski definition) is 4. The van der Waals surface area contributed by atoms with Crippen LogP contribution in [0.4, 0.5) is 4.39 Å². The summed E-state index contributed by atoms with van der Waals surface area (Å²) >= 11 is 0. The molecule has 1 N–H and O–H groups in total. The van der Waals surface area contributed by atoms with E-state index in [-0.39, 0.29) is 36.5 Å². The molecule has 2 aromatic rings. The van der Waals surface area contributed by atoms with Gasteiger partial charge in [-0.3, -0.25) is 9.59 Å². The minimum absolute atomic E-state index is 0.0729. The van der Waals surface area contributed by atoms with Crippen LogP contribution in [0.3, 0.4) is 0 Å². The topological polar surface area (TPSA) is 79.2 Å². The van der Waals surface area contributed by atoms with Crippen LogP contribution in [0.5, 0.6) is 0 Å². The number of quaternary nitrogens is 1. The maximum Gasteiger partial charge on any atom is 0.265 e. The van der Waals surface area contributed by atoms with Crippen molar-refractivity contribution < 1.29 is 27.3 Å². The Labute approximate surface area is 162 Å². The summed E-state index contributed by atoms with van der Waals surface area (Å²) in [5, 5.41) is 0. The largest absolute Gasteiger partial charge is 0.315 e. The van der Waals surface area contributed by atoms with Crippen molar-refractivity contribution in [1.82, 2.24) is 9.21 Å². The molecule has 0 aliphatic carbocycles. The van der Waals surface area contributed by atoms with Gasteiger partial charge in [0, 0.05) is 0 Å². The molecular formula is C19H19FN3O4S+. The van der Waals surface area contributed by atoms with Crippen molar-refractivity contribution in [3.63, 3.8) is 0 Å². The van der Waals surface area contributed by atoms with Gasteiger partial charge in [0.25, 0.3) is 11.8 Å². The Kier molecular flexibility index (Phi) is 4.74. The standard InChI is InChI=1S/C19H18FN3O4S/c20-14-4-3-5-15(12-14)28(26,27)22-10-8-21(9-11-22)13-23-18(24)16-6-1-2-7-17(16)19(23)25/h1-7,12H,8-11,13H2/p+1. The van der Waals surface area contributed by atoms with Crippen molar-refractivity contribution in [2.75, 3.05) is 32.8 Å². The number of piperazine rings is 1. The van der Waals surface area contributed by atoms with Gasteiger partial charge in [0.1, 0.15) is 5.82 Å². The maximum atomic E-state index is 13.4. The first-order valence-corrected chi connectivity index (χ1v) is 10.4. The normalized spacial score (nSPS) is 18.5. The minimum Gasteiger partial charge on any atom is -0.315 e. The molecule has 28 heavy (non-hydrogen) atoms. The Morgan fingerprint density at radius 2 is 1.54 bits per heavy atom. The van der Waals surface area contributed by atoms with Gasteiger partial charge in [-0.2, -0.15) is 4.31 Å². The zero-order valence-electron chi connectivity index (χ0n) is 15.0. The van der Waals surface area contributed by atoms with Crippen molar-refractivity contribution in [2.24, 2.45) is 0 Å². The number of amides is 2. The van der Waals surface area contributed by atoms with E-state index < -0.39 is 15.8 Å². The molecule has 2 aliphatic rings. The summed E-state index contributed by atoms with van der Waals surface area (Å²) in [6.45, 7) is 1.55. The lowest BCUT2D eigenvalue weighted by Gasteiger charge is -2.32. The van der Waals surface area contributed by atoms with Gasteiger partial charge < -0.3 is 4.90 Å². The molecule has 0 aromatic heterocycles. The van der Waals surface area contributed by atoms with E-state index in [1.165, 1.54) is 27.4 Å². The molecule has 1 saturated heterocycles. The summed E-state index contributed by atoms with van der Waals surface area (Å²) in [5.41, 5.74) is 0.804. The number of rotatable bonds is 4. The Balaban J connectivity index is 1.41. The van der Waals surface area contributed by atoms with E-state index in [1.807, 2.05) is 0 Å². The van der Waals surface area contributed by atoms with Gasteiger partial charge >= 0.3 is 0 Å². The van der Waals surface area contributed by atoms with E-state index in [1.54, 1.807) is 24.3 Å². The fraction of sp³-hybridized carbons (Fsp3) is 0.263. The van der Waals surface area contributed by atoms with Crippen LogP contribution >= 0.6 is 0 Å². The molecule has 0 radical (unpaired) electrons. The second-order valence-corrected chi connectivity index (χ2v) is 8.79. The quantitative estimate of drug-likeness (QED) is 0.726. The van der Waals surface area contributed by atoms with Gasteiger partial charge in [-0.15, -0.1) is 0 Å². The third-order valence-corrected chi connectivity index (χ3v) is 7.02. The molecule has 0 atom stereocenters. The average Bonchev–Trinajstić information content (AvgIpc) is 2.94. The van der Waals surface area contributed by atoms with Crippen LogP contribution in [-0.2, 0) is 10.0 Å². The second-order valence-electron chi connectivity index (χ2n) is 6.85. The number of sulfonamides is 1. The van der Waals surface area contributed by atoms with Gasteiger partial charge in [-0.1, -0.05) is 18.2 Å². The lowest BCUT2D eigenvalue weighted by Crippen LogP contribution is -3.16. The number of nitrogens with zero attached hydrogens (tertiary/aromatic N) is 2. The summed E-state index contributed by atoms with van der Waals surface area (Å²) in [5.74, 6) is -1.23. The Morgan fingerprint density at radius 1 is 0.929 bits per heavy atom. The van der Waals surface area contributed by atoms with Gasteiger partial charge in [-0.05, 0) is 30.3 Å². The second kappa shape index (κ2) is 7.08. The van der Waals surface area contributed by atoms with E-state index in [4.69, 9.17) is 0 Å². The first-order valence-electron chi connectivity index (χ1n) is 8.92. The SMILES string of the molecule is O=C1c2ccccc2C(=O)N1C[NH+]1CCN(S(=O)(=O)c2cccc(F)c2)CC1. The first kappa shape index (κ1) is 18.7. The van der Waals surface area contributed by atoms with Crippen LogP contribution in [-0.4, -0.2) is 62.3 Å². The van der Waals surface area contributed by atoms with E-state index in [2.05, 4.69) is 0 Å². The van der Waals surface area contributed by atoms with E-state index >= 15 is 0 Å². The molecular weight excluding hydrogens is 385 g/mol. The highest BCUT2D eigenvalue weighted by Gasteiger charge is 2.39. The molecule has 2 amide bonds. The maximum absolute atomic E-state index is 13.4. The number of fused-ring (bicyclic) bond motifs is 1. The number of benzene rings is 2. The van der Waals surface area contributed by atoms with Gasteiger partial charge in [-0.25, -0.2) is 17.7 Å². The molecule has 4 rings (SSSR count). The Morgan fingerprint density at radius 3 is 2.11 bits per heavy atom. The highest BCUT2D eigenvalue weighted by molar-refractivity contribution is 7.89. The third-order valence-electron chi connectivity index (χ3n) is 5.12. The summed E-state index contributed by atoms with van der Waals surface area (Å²) in [6.07, 6.45) is 0. The smallest absolute Gasteiger partial charge is 0.265 e. The monoisotopic (exact) mass is 404 g/mol. The average molecular weight is 404 g/mol. The van der Waals surface area contributed by atoms with Crippen molar-refractivity contribution >= 4 is 21.8 Å².